The van der Waals surface area contributed by atoms with E-state index in [1.165, 1.54) is 0 Å². The van der Waals surface area contributed by atoms with Gasteiger partial charge in [-0.05, 0) is 32.4 Å². The van der Waals surface area contributed by atoms with Crippen molar-refractivity contribution in [1.82, 2.24) is 5.32 Å². The van der Waals surface area contributed by atoms with Gasteiger partial charge in [-0.2, -0.15) is 0 Å². The molecule has 0 saturated carbocycles. The number of hydrogen-bond donors (Lipinski definition) is 1. The molecule has 0 amide bonds. The zero-order chi connectivity index (χ0) is 14.5. The van der Waals surface area contributed by atoms with Gasteiger partial charge in [-0.25, -0.2) is 0 Å². The molecule has 1 aromatic carbocycles. The lowest BCUT2D eigenvalue weighted by atomic mass is 10.1. The highest BCUT2D eigenvalue weighted by Gasteiger charge is 2.21. The van der Waals surface area contributed by atoms with Crippen LogP contribution in [0.1, 0.15) is 33.3 Å². The average Bonchev–Trinajstić information content (AvgIpc) is 2.29. The lowest BCUT2D eigenvalue weighted by Crippen LogP contribution is -2.32. The molecule has 4 heteroatoms. The van der Waals surface area contributed by atoms with Gasteiger partial charge < -0.3 is 10.1 Å². The minimum Gasteiger partial charge on any atom is -0.460 e. The second kappa shape index (κ2) is 6.92. The first-order valence-corrected chi connectivity index (χ1v) is 6.84. The van der Waals surface area contributed by atoms with Gasteiger partial charge in [0.05, 0.1) is 5.92 Å². The Morgan fingerprint density at radius 1 is 1.37 bits per heavy atom. The highest BCUT2D eigenvalue weighted by atomic mass is 35.5. The highest BCUT2D eigenvalue weighted by molar-refractivity contribution is 6.31. The molecule has 106 valence electrons. The molecule has 1 N–H and O–H groups in total. The van der Waals surface area contributed by atoms with Crippen LogP contribution in [0.5, 0.6) is 0 Å². The van der Waals surface area contributed by atoms with Crippen LogP contribution in [0.15, 0.2) is 24.3 Å². The van der Waals surface area contributed by atoms with Gasteiger partial charge in [0.2, 0.25) is 0 Å². The fourth-order valence-corrected chi connectivity index (χ4v) is 1.75. The summed E-state index contributed by atoms with van der Waals surface area (Å²) in [5.41, 5.74) is 0.592. The third-order valence-corrected chi connectivity index (χ3v) is 2.90. The molecular weight excluding hydrogens is 262 g/mol. The van der Waals surface area contributed by atoms with Crippen molar-refractivity contribution in [2.75, 3.05) is 6.54 Å². The second-order valence-electron chi connectivity index (χ2n) is 5.66. The van der Waals surface area contributed by atoms with Crippen LogP contribution in [0.2, 0.25) is 5.02 Å². The summed E-state index contributed by atoms with van der Waals surface area (Å²) >= 11 is 6.06. The molecule has 0 aliphatic heterocycles. The Balaban J connectivity index is 2.37. The summed E-state index contributed by atoms with van der Waals surface area (Å²) in [5.74, 6) is -0.360. The lowest BCUT2D eigenvalue weighted by molar-refractivity contribution is -0.159. The number of ether oxygens (including phenoxy) is 1. The summed E-state index contributed by atoms with van der Waals surface area (Å²) in [6.45, 7) is 8.68. The lowest BCUT2D eigenvalue weighted by Gasteiger charge is -2.22. The Morgan fingerprint density at radius 2 is 2.00 bits per heavy atom. The summed E-state index contributed by atoms with van der Waals surface area (Å²) in [6.07, 6.45) is 0. The minimum absolute atomic E-state index is 0.179. The average molecular weight is 284 g/mol. The SMILES string of the molecule is C[C@@H](CNCc1ccccc1Cl)C(=O)OC(C)(C)C. The van der Waals surface area contributed by atoms with Crippen molar-refractivity contribution >= 4 is 17.6 Å². The molecule has 0 heterocycles. The predicted molar refractivity (Wildman–Crippen MR) is 78.2 cm³/mol. The molecule has 0 saturated heterocycles. The van der Waals surface area contributed by atoms with Gasteiger partial charge >= 0.3 is 5.97 Å². The number of esters is 1. The molecule has 1 aromatic rings. The molecule has 0 aliphatic carbocycles. The van der Waals surface area contributed by atoms with Crippen molar-refractivity contribution in [3.63, 3.8) is 0 Å². The van der Waals surface area contributed by atoms with Gasteiger partial charge in [-0.3, -0.25) is 4.79 Å². The zero-order valence-electron chi connectivity index (χ0n) is 12.0. The Morgan fingerprint density at radius 3 is 2.58 bits per heavy atom. The van der Waals surface area contributed by atoms with E-state index in [2.05, 4.69) is 5.32 Å². The Hall–Kier alpha value is -1.06. The minimum atomic E-state index is -0.436. The van der Waals surface area contributed by atoms with Crippen LogP contribution >= 0.6 is 11.6 Å². The molecule has 0 radical (unpaired) electrons. The van der Waals surface area contributed by atoms with Crippen LogP contribution in [-0.4, -0.2) is 18.1 Å². The quantitative estimate of drug-likeness (QED) is 0.842. The van der Waals surface area contributed by atoms with E-state index in [9.17, 15) is 4.79 Å². The molecule has 1 atom stereocenters. The normalized spacial score (nSPS) is 13.1. The molecule has 19 heavy (non-hydrogen) atoms. The third-order valence-electron chi connectivity index (χ3n) is 2.53. The standard InChI is InChI=1S/C15H22ClNO2/c1-11(14(18)19-15(2,3)4)9-17-10-12-7-5-6-8-13(12)16/h5-8,11,17H,9-10H2,1-4H3/t11-/m0/s1. The fourth-order valence-electron chi connectivity index (χ4n) is 1.55. The predicted octanol–water partition coefficient (Wildman–Crippen LogP) is 3.41. The number of nitrogens with one attached hydrogen (secondary N) is 1. The molecule has 0 aliphatic rings. The molecular formula is C15H22ClNO2. The van der Waals surface area contributed by atoms with Gasteiger partial charge in [0, 0.05) is 18.1 Å². The number of carbonyl (C=O) groups is 1. The fraction of sp³-hybridized carbons (Fsp3) is 0.533. The van der Waals surface area contributed by atoms with Crippen molar-refractivity contribution in [2.45, 2.75) is 39.8 Å². The van der Waals surface area contributed by atoms with Crippen molar-refractivity contribution in [1.29, 1.82) is 0 Å². The van der Waals surface area contributed by atoms with Gasteiger partial charge in [-0.15, -0.1) is 0 Å². The first kappa shape index (κ1) is 16.0. The molecule has 3 nitrogen and oxygen atoms in total. The first-order valence-electron chi connectivity index (χ1n) is 6.46. The Kier molecular flexibility index (Phi) is 5.83. The maximum absolute atomic E-state index is 11.8. The monoisotopic (exact) mass is 283 g/mol. The van der Waals surface area contributed by atoms with E-state index < -0.39 is 5.60 Å². The molecule has 0 spiro atoms. The number of benzene rings is 1. The van der Waals surface area contributed by atoms with E-state index in [-0.39, 0.29) is 11.9 Å². The van der Waals surface area contributed by atoms with Gasteiger partial charge in [-0.1, -0.05) is 36.7 Å². The van der Waals surface area contributed by atoms with Gasteiger partial charge in [0.1, 0.15) is 5.60 Å². The van der Waals surface area contributed by atoms with E-state index in [1.54, 1.807) is 0 Å². The van der Waals surface area contributed by atoms with Crippen LogP contribution in [-0.2, 0) is 16.1 Å². The van der Waals surface area contributed by atoms with Crippen LogP contribution in [0.4, 0.5) is 0 Å². The summed E-state index contributed by atoms with van der Waals surface area (Å²) in [4.78, 5) is 11.8. The second-order valence-corrected chi connectivity index (χ2v) is 6.06. The van der Waals surface area contributed by atoms with Crippen LogP contribution in [0.3, 0.4) is 0 Å². The number of rotatable bonds is 5. The van der Waals surface area contributed by atoms with Crippen molar-refractivity contribution in [3.05, 3.63) is 34.9 Å². The van der Waals surface area contributed by atoms with E-state index in [0.29, 0.717) is 13.1 Å². The van der Waals surface area contributed by atoms with Crippen molar-refractivity contribution in [3.8, 4) is 0 Å². The Bertz CT molecular complexity index is 426. The number of carbonyl (C=O) groups excluding carboxylic acids is 1. The number of hydrogen-bond acceptors (Lipinski definition) is 3. The molecule has 0 bridgehead atoms. The van der Waals surface area contributed by atoms with E-state index >= 15 is 0 Å². The summed E-state index contributed by atoms with van der Waals surface area (Å²) in [7, 11) is 0. The summed E-state index contributed by atoms with van der Waals surface area (Å²) < 4.78 is 5.32. The van der Waals surface area contributed by atoms with Crippen molar-refractivity contribution < 1.29 is 9.53 Å². The first-order chi connectivity index (χ1) is 8.79. The van der Waals surface area contributed by atoms with E-state index in [0.717, 1.165) is 10.6 Å². The summed E-state index contributed by atoms with van der Waals surface area (Å²) in [6, 6.07) is 7.67. The maximum atomic E-state index is 11.8. The van der Waals surface area contributed by atoms with Gasteiger partial charge in [0.15, 0.2) is 0 Å². The highest BCUT2D eigenvalue weighted by Crippen LogP contribution is 2.15. The van der Waals surface area contributed by atoms with E-state index in [4.69, 9.17) is 16.3 Å². The van der Waals surface area contributed by atoms with E-state index in [1.807, 2.05) is 52.0 Å². The smallest absolute Gasteiger partial charge is 0.310 e. The maximum Gasteiger partial charge on any atom is 0.310 e. The zero-order valence-corrected chi connectivity index (χ0v) is 12.8. The van der Waals surface area contributed by atoms with Crippen LogP contribution in [0, 0.1) is 5.92 Å². The largest absolute Gasteiger partial charge is 0.460 e. The molecule has 0 aromatic heterocycles. The molecule has 1 rings (SSSR count). The van der Waals surface area contributed by atoms with Crippen LogP contribution < -0.4 is 5.32 Å². The topological polar surface area (TPSA) is 38.3 Å². The summed E-state index contributed by atoms with van der Waals surface area (Å²) in [5, 5.41) is 3.96. The number of halogens is 1. The Labute approximate surface area is 120 Å². The van der Waals surface area contributed by atoms with Crippen molar-refractivity contribution in [2.24, 2.45) is 5.92 Å². The molecule has 0 fully saturated rings. The third kappa shape index (κ3) is 6.08. The van der Waals surface area contributed by atoms with Gasteiger partial charge in [0.25, 0.3) is 0 Å². The van der Waals surface area contributed by atoms with Crippen LogP contribution in [0.25, 0.3) is 0 Å². The molecule has 0 unspecified atom stereocenters.